The summed E-state index contributed by atoms with van der Waals surface area (Å²) >= 11 is 0. The number of ether oxygens (including phenoxy) is 1. The molecule has 0 unspecified atom stereocenters. The minimum atomic E-state index is -3.56. The van der Waals surface area contributed by atoms with Crippen molar-refractivity contribution in [2.45, 2.75) is 29.6 Å². The molecular formula is C27H22O4S. The second-order valence-corrected chi connectivity index (χ2v) is 9.53. The Bertz CT molecular complexity index is 1280. The van der Waals surface area contributed by atoms with Crippen LogP contribution >= 0.6 is 0 Å². The summed E-state index contributed by atoms with van der Waals surface area (Å²) in [5, 5.41) is 11.3. The average Bonchev–Trinajstić information content (AvgIpc) is 2.82. The Morgan fingerprint density at radius 2 is 1.56 bits per heavy atom. The SMILES string of the molecule is CC(Cc1ccc([O])cc1)=C1C=CC(Oc2ccc(S(=O)(=O)c3cc[c]cc3)cc2)=CC1. The summed E-state index contributed by atoms with van der Waals surface area (Å²) in [6.07, 6.45) is 7.49. The molecule has 3 aromatic rings. The van der Waals surface area contributed by atoms with Gasteiger partial charge in [-0.1, -0.05) is 35.9 Å². The van der Waals surface area contributed by atoms with E-state index >= 15 is 0 Å². The van der Waals surface area contributed by atoms with Crippen LogP contribution in [0.1, 0.15) is 18.9 Å². The molecular weight excluding hydrogens is 420 g/mol. The van der Waals surface area contributed by atoms with Crippen LogP contribution in [0.2, 0.25) is 0 Å². The molecule has 0 saturated carbocycles. The van der Waals surface area contributed by atoms with E-state index in [0.29, 0.717) is 11.5 Å². The summed E-state index contributed by atoms with van der Waals surface area (Å²) in [7, 11) is -3.56. The smallest absolute Gasteiger partial charge is 0.206 e. The van der Waals surface area contributed by atoms with Crippen LogP contribution in [-0.2, 0) is 21.4 Å². The Hall–Kier alpha value is -3.57. The standard InChI is InChI=1S/C27H22O4S/c1-20(19-21-7-11-23(28)12-8-21)22-9-13-24(14-10-22)31-25-15-17-27(18-16-25)32(29,30)26-5-3-2-4-6-26/h3-9,11-18H,10,19H2,1H3. The monoisotopic (exact) mass is 442 g/mol. The minimum Gasteiger partial charge on any atom is -0.458 e. The van der Waals surface area contributed by atoms with Crippen LogP contribution in [0, 0.1) is 6.07 Å². The van der Waals surface area contributed by atoms with Gasteiger partial charge in [0.25, 0.3) is 0 Å². The van der Waals surface area contributed by atoms with Gasteiger partial charge in [-0.3, -0.25) is 5.11 Å². The van der Waals surface area contributed by atoms with Crippen LogP contribution < -0.4 is 4.74 Å². The molecule has 5 heteroatoms. The van der Waals surface area contributed by atoms with Crippen molar-refractivity contribution < 1.29 is 18.3 Å². The van der Waals surface area contributed by atoms with Gasteiger partial charge in [-0.15, -0.1) is 0 Å². The predicted molar refractivity (Wildman–Crippen MR) is 123 cm³/mol. The highest BCUT2D eigenvalue weighted by atomic mass is 32.2. The van der Waals surface area contributed by atoms with Gasteiger partial charge in [0.15, 0.2) is 5.75 Å². The van der Waals surface area contributed by atoms with Crippen LogP contribution in [0.3, 0.4) is 0 Å². The van der Waals surface area contributed by atoms with Gasteiger partial charge in [0, 0.05) is 0 Å². The second kappa shape index (κ2) is 9.28. The van der Waals surface area contributed by atoms with Gasteiger partial charge < -0.3 is 4.74 Å². The van der Waals surface area contributed by atoms with Crippen molar-refractivity contribution in [2.24, 2.45) is 0 Å². The van der Waals surface area contributed by atoms with Gasteiger partial charge >= 0.3 is 0 Å². The lowest BCUT2D eigenvalue weighted by atomic mass is 9.96. The summed E-state index contributed by atoms with van der Waals surface area (Å²) in [6, 6.07) is 22.4. The highest BCUT2D eigenvalue weighted by Gasteiger charge is 2.17. The lowest BCUT2D eigenvalue weighted by molar-refractivity contribution is 0.355. The summed E-state index contributed by atoms with van der Waals surface area (Å²) in [4.78, 5) is 0.455. The maximum atomic E-state index is 12.7. The summed E-state index contributed by atoms with van der Waals surface area (Å²) in [6.45, 7) is 2.09. The number of allylic oxidation sites excluding steroid dienone is 5. The predicted octanol–water partition coefficient (Wildman–Crippen LogP) is 6.25. The molecule has 0 amide bonds. The maximum absolute atomic E-state index is 12.7. The third-order valence-corrected chi connectivity index (χ3v) is 7.07. The molecule has 0 atom stereocenters. The minimum absolute atomic E-state index is 0.0192. The van der Waals surface area contributed by atoms with Crippen LogP contribution in [0.25, 0.3) is 0 Å². The highest BCUT2D eigenvalue weighted by Crippen LogP contribution is 2.26. The number of rotatable bonds is 6. The molecule has 0 aromatic heterocycles. The number of benzene rings is 3. The van der Waals surface area contributed by atoms with Crippen molar-refractivity contribution in [3.63, 3.8) is 0 Å². The molecule has 4 rings (SSSR count). The maximum Gasteiger partial charge on any atom is 0.206 e. The fraction of sp³-hybridized carbons (Fsp3) is 0.111. The average molecular weight is 443 g/mol. The van der Waals surface area contributed by atoms with E-state index in [0.717, 1.165) is 18.4 Å². The molecule has 1 aliphatic carbocycles. The van der Waals surface area contributed by atoms with Crippen molar-refractivity contribution in [3.8, 4) is 11.5 Å². The summed E-state index contributed by atoms with van der Waals surface area (Å²) in [5.74, 6) is 1.31. The van der Waals surface area contributed by atoms with E-state index in [9.17, 15) is 13.5 Å². The first-order valence-corrected chi connectivity index (χ1v) is 11.7. The third kappa shape index (κ3) is 5.01. The highest BCUT2D eigenvalue weighted by molar-refractivity contribution is 7.91. The van der Waals surface area contributed by atoms with Gasteiger partial charge in [-0.25, -0.2) is 8.42 Å². The molecule has 0 spiro atoms. The van der Waals surface area contributed by atoms with Crippen molar-refractivity contribution in [1.82, 2.24) is 0 Å². The van der Waals surface area contributed by atoms with E-state index in [2.05, 4.69) is 13.0 Å². The van der Waals surface area contributed by atoms with Crippen LogP contribution in [0.4, 0.5) is 0 Å². The van der Waals surface area contributed by atoms with E-state index in [1.807, 2.05) is 30.4 Å². The molecule has 1 aliphatic rings. The van der Waals surface area contributed by atoms with E-state index in [1.54, 1.807) is 48.5 Å². The third-order valence-electron chi connectivity index (χ3n) is 5.28. The van der Waals surface area contributed by atoms with Gasteiger partial charge in [-0.05, 0) is 97.7 Å². The van der Waals surface area contributed by atoms with E-state index in [4.69, 9.17) is 4.74 Å². The van der Waals surface area contributed by atoms with Gasteiger partial charge in [0.05, 0.1) is 9.79 Å². The molecule has 0 saturated heterocycles. The molecule has 160 valence electrons. The summed E-state index contributed by atoms with van der Waals surface area (Å²) < 4.78 is 31.3. The molecule has 0 N–H and O–H groups in total. The Morgan fingerprint density at radius 3 is 2.19 bits per heavy atom. The largest absolute Gasteiger partial charge is 0.458 e. The first-order valence-electron chi connectivity index (χ1n) is 10.2. The quantitative estimate of drug-likeness (QED) is 0.454. The summed E-state index contributed by atoms with van der Waals surface area (Å²) in [5.41, 5.74) is 3.56. The van der Waals surface area contributed by atoms with Crippen LogP contribution in [0.15, 0.2) is 118 Å². The van der Waals surface area contributed by atoms with Crippen molar-refractivity contribution >= 4 is 9.84 Å². The fourth-order valence-electron chi connectivity index (χ4n) is 3.46. The molecule has 0 bridgehead atoms. The lowest BCUT2D eigenvalue weighted by Gasteiger charge is -2.14. The lowest BCUT2D eigenvalue weighted by Crippen LogP contribution is -2.02. The molecule has 0 heterocycles. The van der Waals surface area contributed by atoms with Crippen LogP contribution in [-0.4, -0.2) is 8.42 Å². The Morgan fingerprint density at radius 1 is 0.906 bits per heavy atom. The molecule has 4 nitrogen and oxygen atoms in total. The fourth-order valence-corrected chi connectivity index (χ4v) is 4.72. The molecule has 3 aromatic carbocycles. The zero-order valence-electron chi connectivity index (χ0n) is 17.6. The molecule has 32 heavy (non-hydrogen) atoms. The molecule has 0 fully saturated rings. The first kappa shape index (κ1) is 21.7. The van der Waals surface area contributed by atoms with Crippen LogP contribution in [0.5, 0.6) is 11.5 Å². The van der Waals surface area contributed by atoms with Gasteiger partial charge in [-0.2, -0.15) is 0 Å². The van der Waals surface area contributed by atoms with Crippen molar-refractivity contribution in [2.75, 3.05) is 0 Å². The number of sulfone groups is 1. The van der Waals surface area contributed by atoms with Gasteiger partial charge in [0.2, 0.25) is 9.84 Å². The Kier molecular flexibility index (Phi) is 6.28. The van der Waals surface area contributed by atoms with E-state index in [1.165, 1.54) is 23.3 Å². The zero-order chi connectivity index (χ0) is 22.6. The normalized spacial score (nSPS) is 15.2. The molecule has 2 radical (unpaired) electrons. The Labute approximate surface area is 188 Å². The van der Waals surface area contributed by atoms with Crippen molar-refractivity contribution in [3.05, 3.63) is 120 Å². The second-order valence-electron chi connectivity index (χ2n) is 7.58. The number of hydrogen-bond acceptors (Lipinski definition) is 3. The molecule has 0 aliphatic heterocycles. The van der Waals surface area contributed by atoms with Crippen molar-refractivity contribution in [1.29, 1.82) is 0 Å². The first-order chi connectivity index (χ1) is 15.4. The van der Waals surface area contributed by atoms with E-state index < -0.39 is 9.84 Å². The zero-order valence-corrected chi connectivity index (χ0v) is 18.4. The topological polar surface area (TPSA) is 63.3 Å². The van der Waals surface area contributed by atoms with E-state index in [-0.39, 0.29) is 15.5 Å². The van der Waals surface area contributed by atoms with Gasteiger partial charge in [0.1, 0.15) is 11.5 Å². The number of hydrogen-bond donors (Lipinski definition) is 0. The Balaban J connectivity index is 1.41.